The topological polar surface area (TPSA) is 49.4 Å². The smallest absolute Gasteiger partial charge is 0.295 e. The zero-order chi connectivity index (χ0) is 17.1. The Morgan fingerprint density at radius 3 is 2.39 bits per heavy atom. The average Bonchev–Trinajstić information content (AvgIpc) is 2.45. The normalized spacial score (nSPS) is 18.3. The maximum atomic E-state index is 12.3. The molecule has 1 saturated heterocycles. The van der Waals surface area contributed by atoms with Crippen molar-refractivity contribution in [2.45, 2.75) is 23.9 Å². The molecule has 0 radical (unpaired) electrons. The highest BCUT2D eigenvalue weighted by atomic mass is 35.5. The van der Waals surface area contributed by atoms with Gasteiger partial charge in [0, 0.05) is 6.54 Å². The van der Waals surface area contributed by atoms with Gasteiger partial charge in [-0.3, -0.25) is 4.90 Å². The fourth-order valence-electron chi connectivity index (χ4n) is 2.57. The van der Waals surface area contributed by atoms with Gasteiger partial charge in [-0.15, -0.1) is 0 Å². The minimum Gasteiger partial charge on any atom is -0.295 e. The first-order valence-electron chi connectivity index (χ1n) is 7.21. The molecule has 0 atom stereocenters. The van der Waals surface area contributed by atoms with Gasteiger partial charge in [0.05, 0.1) is 11.6 Å². The van der Waals surface area contributed by atoms with Gasteiger partial charge in [0.25, 0.3) is 0 Å². The van der Waals surface area contributed by atoms with Crippen molar-refractivity contribution in [1.82, 2.24) is 9.62 Å². The molecule has 1 aromatic rings. The molecule has 4 nitrogen and oxygen atoms in total. The van der Waals surface area contributed by atoms with Crippen molar-refractivity contribution in [3.05, 3.63) is 29.3 Å². The Kier molecular flexibility index (Phi) is 5.94. The first kappa shape index (κ1) is 18.5. The molecular formula is C14H18ClF3N2O2S. The molecule has 0 aromatic heterocycles. The Balaban J connectivity index is 1.85. The zero-order valence-electron chi connectivity index (χ0n) is 12.3. The minimum absolute atomic E-state index is 0.0103. The SMILES string of the molecule is O=S(=O)(NCC1CCN(CC(F)(F)F)CC1)c1ccccc1Cl. The molecular weight excluding hydrogens is 353 g/mol. The van der Waals surface area contributed by atoms with Crippen LogP contribution in [0.3, 0.4) is 0 Å². The van der Waals surface area contributed by atoms with Gasteiger partial charge in [0.15, 0.2) is 0 Å². The number of sulfonamides is 1. The van der Waals surface area contributed by atoms with E-state index in [9.17, 15) is 21.6 Å². The maximum Gasteiger partial charge on any atom is 0.401 e. The highest BCUT2D eigenvalue weighted by molar-refractivity contribution is 7.89. The van der Waals surface area contributed by atoms with E-state index in [-0.39, 0.29) is 22.4 Å². The number of nitrogens with one attached hydrogen (secondary N) is 1. The van der Waals surface area contributed by atoms with Gasteiger partial charge < -0.3 is 0 Å². The summed E-state index contributed by atoms with van der Waals surface area (Å²) in [5.41, 5.74) is 0. The van der Waals surface area contributed by atoms with E-state index < -0.39 is 22.7 Å². The van der Waals surface area contributed by atoms with Crippen LogP contribution in [0.1, 0.15) is 12.8 Å². The minimum atomic E-state index is -4.20. The van der Waals surface area contributed by atoms with Crippen LogP contribution in [-0.4, -0.2) is 45.7 Å². The predicted octanol–water partition coefficient (Wildman–Crippen LogP) is 2.89. The first-order valence-corrected chi connectivity index (χ1v) is 9.07. The summed E-state index contributed by atoms with van der Waals surface area (Å²) in [6.45, 7) is -0.0749. The van der Waals surface area contributed by atoms with Gasteiger partial charge in [-0.25, -0.2) is 13.1 Å². The van der Waals surface area contributed by atoms with E-state index in [1.165, 1.54) is 17.0 Å². The number of nitrogens with zero attached hydrogens (tertiary/aromatic N) is 1. The molecule has 1 heterocycles. The van der Waals surface area contributed by atoms with E-state index in [0.29, 0.717) is 25.9 Å². The Labute approximate surface area is 138 Å². The van der Waals surface area contributed by atoms with Crippen LogP contribution in [0.2, 0.25) is 5.02 Å². The second-order valence-electron chi connectivity index (χ2n) is 5.62. The summed E-state index contributed by atoms with van der Waals surface area (Å²) in [4.78, 5) is 1.36. The van der Waals surface area contributed by atoms with E-state index in [2.05, 4.69) is 4.72 Å². The standard InChI is InChI=1S/C14H18ClF3N2O2S/c15-12-3-1-2-4-13(12)23(21,22)19-9-11-5-7-20(8-6-11)10-14(16,17)18/h1-4,11,19H,5-10H2. The number of hydrogen-bond acceptors (Lipinski definition) is 3. The van der Waals surface area contributed by atoms with Crippen molar-refractivity contribution in [2.75, 3.05) is 26.2 Å². The molecule has 0 saturated carbocycles. The van der Waals surface area contributed by atoms with Gasteiger partial charge in [-0.1, -0.05) is 23.7 Å². The van der Waals surface area contributed by atoms with E-state index in [1.807, 2.05) is 0 Å². The zero-order valence-corrected chi connectivity index (χ0v) is 13.9. The van der Waals surface area contributed by atoms with Gasteiger partial charge in [0.1, 0.15) is 4.90 Å². The predicted molar refractivity (Wildman–Crippen MR) is 81.9 cm³/mol. The molecule has 23 heavy (non-hydrogen) atoms. The van der Waals surface area contributed by atoms with Crippen LogP contribution in [0.15, 0.2) is 29.2 Å². The van der Waals surface area contributed by atoms with Crippen molar-refractivity contribution in [1.29, 1.82) is 0 Å². The lowest BCUT2D eigenvalue weighted by Gasteiger charge is -2.32. The Hall–Kier alpha value is -0.830. The average molecular weight is 371 g/mol. The van der Waals surface area contributed by atoms with Crippen LogP contribution >= 0.6 is 11.6 Å². The second-order valence-corrected chi connectivity index (χ2v) is 7.76. The summed E-state index contributed by atoms with van der Waals surface area (Å²) in [7, 11) is -3.71. The van der Waals surface area contributed by atoms with Gasteiger partial charge in [-0.05, 0) is 44.0 Å². The maximum absolute atomic E-state index is 12.3. The van der Waals surface area contributed by atoms with Gasteiger partial charge >= 0.3 is 6.18 Å². The van der Waals surface area contributed by atoms with Crippen LogP contribution in [-0.2, 0) is 10.0 Å². The van der Waals surface area contributed by atoms with E-state index in [0.717, 1.165) is 0 Å². The number of rotatable bonds is 5. The molecule has 2 rings (SSSR count). The van der Waals surface area contributed by atoms with Crippen LogP contribution in [0.4, 0.5) is 13.2 Å². The lowest BCUT2D eigenvalue weighted by atomic mass is 9.97. The lowest BCUT2D eigenvalue weighted by molar-refractivity contribution is -0.148. The molecule has 0 amide bonds. The van der Waals surface area contributed by atoms with Crippen LogP contribution < -0.4 is 4.72 Å². The highest BCUT2D eigenvalue weighted by Crippen LogP contribution is 2.23. The molecule has 0 aliphatic carbocycles. The first-order chi connectivity index (χ1) is 10.7. The van der Waals surface area contributed by atoms with E-state index >= 15 is 0 Å². The number of hydrogen-bond donors (Lipinski definition) is 1. The van der Waals surface area contributed by atoms with Crippen molar-refractivity contribution in [3.8, 4) is 0 Å². The lowest BCUT2D eigenvalue weighted by Crippen LogP contribution is -2.42. The Morgan fingerprint density at radius 1 is 1.22 bits per heavy atom. The van der Waals surface area contributed by atoms with E-state index in [1.54, 1.807) is 12.1 Å². The molecule has 9 heteroatoms. The van der Waals surface area contributed by atoms with Crippen LogP contribution in [0.25, 0.3) is 0 Å². The molecule has 1 aliphatic heterocycles. The quantitative estimate of drug-likeness (QED) is 0.867. The third-order valence-electron chi connectivity index (χ3n) is 3.80. The largest absolute Gasteiger partial charge is 0.401 e. The van der Waals surface area contributed by atoms with Crippen molar-refractivity contribution in [3.63, 3.8) is 0 Å². The third kappa shape index (κ3) is 5.63. The van der Waals surface area contributed by atoms with Crippen molar-refractivity contribution in [2.24, 2.45) is 5.92 Å². The molecule has 1 aromatic carbocycles. The summed E-state index contributed by atoms with van der Waals surface area (Å²) in [6.07, 6.45) is -3.14. The molecule has 1 fully saturated rings. The van der Waals surface area contributed by atoms with Crippen molar-refractivity contribution < 1.29 is 21.6 Å². The number of halogens is 4. The summed E-state index contributed by atoms with van der Waals surface area (Å²) in [5, 5.41) is 0.139. The molecule has 130 valence electrons. The van der Waals surface area contributed by atoms with Crippen molar-refractivity contribution >= 4 is 21.6 Å². The number of likely N-dealkylation sites (tertiary alicyclic amines) is 1. The number of alkyl halides is 3. The fraction of sp³-hybridized carbons (Fsp3) is 0.571. The van der Waals surface area contributed by atoms with E-state index in [4.69, 9.17) is 11.6 Å². The number of piperidine rings is 1. The molecule has 1 N–H and O–H groups in total. The van der Waals surface area contributed by atoms with Crippen LogP contribution in [0, 0.1) is 5.92 Å². The van der Waals surface area contributed by atoms with Gasteiger partial charge in [0.2, 0.25) is 10.0 Å². The van der Waals surface area contributed by atoms with Gasteiger partial charge in [-0.2, -0.15) is 13.2 Å². The molecule has 1 aliphatic rings. The highest BCUT2D eigenvalue weighted by Gasteiger charge is 2.32. The van der Waals surface area contributed by atoms with Crippen LogP contribution in [0.5, 0.6) is 0 Å². The monoisotopic (exact) mass is 370 g/mol. The second kappa shape index (κ2) is 7.38. The Morgan fingerprint density at radius 2 is 1.83 bits per heavy atom. The Bertz CT molecular complexity index is 629. The molecule has 0 bridgehead atoms. The summed E-state index contributed by atoms with van der Waals surface area (Å²) in [5.74, 6) is 0.0248. The fourth-order valence-corrected chi connectivity index (χ4v) is 4.20. The number of benzene rings is 1. The molecule has 0 spiro atoms. The summed E-state index contributed by atoms with van der Waals surface area (Å²) < 4.78 is 63.8. The summed E-state index contributed by atoms with van der Waals surface area (Å²) in [6, 6.07) is 6.12. The third-order valence-corrected chi connectivity index (χ3v) is 5.72. The summed E-state index contributed by atoms with van der Waals surface area (Å²) >= 11 is 5.88. The molecule has 0 unspecified atom stereocenters.